The third kappa shape index (κ3) is 1.69. The zero-order valence-electron chi connectivity index (χ0n) is 9.15. The summed E-state index contributed by atoms with van der Waals surface area (Å²) in [5, 5.41) is 2.24. The van der Waals surface area contributed by atoms with Gasteiger partial charge in [0, 0.05) is 7.05 Å². The molecule has 0 unspecified atom stereocenters. The monoisotopic (exact) mass is 216 g/mol. The smallest absolute Gasteiger partial charge is 0.292 e. The molecule has 1 aliphatic heterocycles. The van der Waals surface area contributed by atoms with Crippen LogP contribution in [0.5, 0.6) is 0 Å². The lowest BCUT2D eigenvalue weighted by molar-refractivity contribution is -0.115. The summed E-state index contributed by atoms with van der Waals surface area (Å²) in [7, 11) is 1.57. The molecule has 4 nitrogen and oxygen atoms in total. The number of benzene rings is 1. The van der Waals surface area contributed by atoms with Crippen molar-refractivity contribution in [3.8, 4) is 0 Å². The molecular weight excluding hydrogens is 204 g/mol. The molecule has 1 aromatic carbocycles. The summed E-state index contributed by atoms with van der Waals surface area (Å²) in [5.74, 6) is -0.351. The number of hydrogen-bond acceptors (Lipinski definition) is 2. The van der Waals surface area contributed by atoms with Crippen LogP contribution in [0.25, 0.3) is 6.08 Å². The first-order chi connectivity index (χ1) is 7.59. The van der Waals surface area contributed by atoms with Crippen molar-refractivity contribution in [1.82, 2.24) is 10.2 Å². The molecule has 2 rings (SSSR count). The maximum atomic E-state index is 11.5. The Balaban J connectivity index is 2.42. The van der Waals surface area contributed by atoms with E-state index in [1.54, 1.807) is 13.1 Å². The molecule has 4 heteroatoms. The summed E-state index contributed by atoms with van der Waals surface area (Å²) in [6.07, 6.45) is 1.72. The lowest BCUT2D eigenvalue weighted by Gasteiger charge is -2.07. The molecule has 0 bridgehead atoms. The van der Waals surface area contributed by atoms with Gasteiger partial charge in [0.15, 0.2) is 0 Å². The lowest BCUT2D eigenvalue weighted by atomic mass is 10.1. The van der Waals surface area contributed by atoms with Gasteiger partial charge in [-0.15, -0.1) is 0 Å². The van der Waals surface area contributed by atoms with E-state index in [2.05, 4.69) is 5.32 Å². The maximum Gasteiger partial charge on any atom is 0.328 e. The first-order valence-electron chi connectivity index (χ1n) is 4.96. The van der Waals surface area contributed by atoms with Gasteiger partial charge in [0.25, 0.3) is 5.91 Å². The molecule has 1 saturated heterocycles. The Morgan fingerprint density at radius 2 is 1.94 bits per heavy atom. The molecule has 3 amide bonds. The van der Waals surface area contributed by atoms with Crippen LogP contribution >= 0.6 is 0 Å². The second kappa shape index (κ2) is 3.81. The number of carbonyl (C=O) groups excluding carboxylic acids is 2. The van der Waals surface area contributed by atoms with Gasteiger partial charge >= 0.3 is 6.03 Å². The van der Waals surface area contributed by atoms with Crippen LogP contribution in [0.2, 0.25) is 0 Å². The number of hydrogen-bond donors (Lipinski definition) is 1. The minimum absolute atomic E-state index is 0.351. The average Bonchev–Trinajstić information content (AvgIpc) is 2.48. The number of imide groups is 1. The Labute approximate surface area is 93.6 Å². The van der Waals surface area contributed by atoms with Gasteiger partial charge in [0.2, 0.25) is 0 Å². The summed E-state index contributed by atoms with van der Waals surface area (Å²) < 4.78 is 0. The van der Waals surface area contributed by atoms with Gasteiger partial charge in [-0.2, -0.15) is 0 Å². The summed E-state index contributed by atoms with van der Waals surface area (Å²) in [4.78, 5) is 24.0. The molecule has 1 aromatic rings. The van der Waals surface area contributed by atoms with Gasteiger partial charge < -0.3 is 0 Å². The van der Waals surface area contributed by atoms with E-state index in [0.29, 0.717) is 5.70 Å². The first-order valence-corrected chi connectivity index (χ1v) is 4.96. The van der Waals surface area contributed by atoms with E-state index in [-0.39, 0.29) is 11.9 Å². The second-order valence-corrected chi connectivity index (χ2v) is 3.70. The number of aryl methyl sites for hydroxylation is 1. The fourth-order valence-electron chi connectivity index (χ4n) is 1.57. The van der Waals surface area contributed by atoms with E-state index < -0.39 is 0 Å². The molecule has 82 valence electrons. The molecule has 1 heterocycles. The quantitative estimate of drug-likeness (QED) is 0.571. The van der Waals surface area contributed by atoms with E-state index in [1.165, 1.54) is 4.90 Å². The zero-order valence-corrected chi connectivity index (χ0v) is 9.15. The highest BCUT2D eigenvalue weighted by Gasteiger charge is 2.29. The molecule has 0 saturated carbocycles. The Morgan fingerprint density at radius 1 is 1.25 bits per heavy atom. The standard InChI is InChI=1S/C12H12N2O2/c1-8-5-3-4-6-9(8)7-10-11(15)13-12(16)14(10)2/h3-7H,1-2H3,(H,13,15,16). The molecule has 0 radical (unpaired) electrons. The Hall–Kier alpha value is -2.10. The molecule has 0 aliphatic carbocycles. The second-order valence-electron chi connectivity index (χ2n) is 3.70. The first kappa shape index (κ1) is 10.4. The minimum atomic E-state index is -0.384. The van der Waals surface area contributed by atoms with Gasteiger partial charge in [-0.1, -0.05) is 24.3 Å². The van der Waals surface area contributed by atoms with Gasteiger partial charge in [-0.05, 0) is 24.1 Å². The van der Waals surface area contributed by atoms with Crippen LogP contribution in [0.1, 0.15) is 11.1 Å². The highest BCUT2D eigenvalue weighted by molar-refractivity contribution is 6.13. The largest absolute Gasteiger partial charge is 0.328 e. The number of likely N-dealkylation sites (N-methyl/N-ethyl adjacent to an activating group) is 1. The molecule has 1 aliphatic rings. The summed E-state index contributed by atoms with van der Waals surface area (Å²) in [6.45, 7) is 1.96. The number of nitrogens with one attached hydrogen (secondary N) is 1. The SMILES string of the molecule is Cc1ccccc1C=C1C(=O)NC(=O)N1C. The fourth-order valence-corrected chi connectivity index (χ4v) is 1.57. The van der Waals surface area contributed by atoms with Crippen molar-refractivity contribution in [2.24, 2.45) is 0 Å². The number of amides is 3. The maximum absolute atomic E-state index is 11.5. The van der Waals surface area contributed by atoms with Crippen LogP contribution in [0, 0.1) is 6.92 Å². The molecule has 1 fully saturated rings. The summed E-state index contributed by atoms with van der Waals surface area (Å²) in [6, 6.07) is 7.31. The van der Waals surface area contributed by atoms with Crippen molar-refractivity contribution < 1.29 is 9.59 Å². The van der Waals surface area contributed by atoms with Crippen LogP contribution in [0.4, 0.5) is 4.79 Å². The number of nitrogens with zero attached hydrogens (tertiary/aromatic N) is 1. The zero-order chi connectivity index (χ0) is 11.7. The topological polar surface area (TPSA) is 49.4 Å². The Bertz CT molecular complexity index is 492. The third-order valence-electron chi connectivity index (χ3n) is 2.60. The highest BCUT2D eigenvalue weighted by atomic mass is 16.2. The predicted octanol–water partition coefficient (Wildman–Crippen LogP) is 1.52. The third-order valence-corrected chi connectivity index (χ3v) is 2.60. The minimum Gasteiger partial charge on any atom is -0.292 e. The van der Waals surface area contributed by atoms with E-state index >= 15 is 0 Å². The molecule has 0 spiro atoms. The van der Waals surface area contributed by atoms with Crippen LogP contribution < -0.4 is 5.32 Å². The fraction of sp³-hybridized carbons (Fsp3) is 0.167. The van der Waals surface area contributed by atoms with Gasteiger partial charge in [-0.3, -0.25) is 15.0 Å². The van der Waals surface area contributed by atoms with E-state index in [0.717, 1.165) is 11.1 Å². The van der Waals surface area contributed by atoms with Crippen molar-refractivity contribution in [3.05, 3.63) is 41.1 Å². The molecular formula is C12H12N2O2. The molecule has 1 N–H and O–H groups in total. The van der Waals surface area contributed by atoms with Crippen molar-refractivity contribution in [2.75, 3.05) is 7.05 Å². The lowest BCUT2D eigenvalue weighted by Crippen LogP contribution is -2.24. The van der Waals surface area contributed by atoms with E-state index in [9.17, 15) is 9.59 Å². The van der Waals surface area contributed by atoms with E-state index in [4.69, 9.17) is 0 Å². The van der Waals surface area contributed by atoms with Crippen molar-refractivity contribution in [2.45, 2.75) is 6.92 Å². The Kier molecular flexibility index (Phi) is 2.48. The molecule has 0 aromatic heterocycles. The summed E-state index contributed by atoms with van der Waals surface area (Å²) in [5.41, 5.74) is 2.38. The average molecular weight is 216 g/mol. The Morgan fingerprint density at radius 3 is 2.50 bits per heavy atom. The van der Waals surface area contributed by atoms with E-state index in [1.807, 2.05) is 31.2 Å². The van der Waals surface area contributed by atoms with Crippen molar-refractivity contribution in [1.29, 1.82) is 0 Å². The van der Waals surface area contributed by atoms with Crippen LogP contribution in [0.15, 0.2) is 30.0 Å². The van der Waals surface area contributed by atoms with Crippen molar-refractivity contribution in [3.63, 3.8) is 0 Å². The van der Waals surface area contributed by atoms with Crippen LogP contribution in [-0.4, -0.2) is 23.9 Å². The number of urea groups is 1. The van der Waals surface area contributed by atoms with Gasteiger partial charge in [0.05, 0.1) is 0 Å². The van der Waals surface area contributed by atoms with Gasteiger partial charge in [-0.25, -0.2) is 4.79 Å². The van der Waals surface area contributed by atoms with Crippen LogP contribution in [0.3, 0.4) is 0 Å². The summed E-state index contributed by atoms with van der Waals surface area (Å²) >= 11 is 0. The van der Waals surface area contributed by atoms with Gasteiger partial charge in [0.1, 0.15) is 5.70 Å². The number of rotatable bonds is 1. The number of carbonyl (C=O) groups is 2. The molecule has 16 heavy (non-hydrogen) atoms. The highest BCUT2D eigenvalue weighted by Crippen LogP contribution is 2.17. The van der Waals surface area contributed by atoms with Crippen molar-refractivity contribution >= 4 is 18.0 Å². The predicted molar refractivity (Wildman–Crippen MR) is 60.5 cm³/mol. The van der Waals surface area contributed by atoms with Crippen LogP contribution in [-0.2, 0) is 4.79 Å². The normalized spacial score (nSPS) is 18.1. The molecule has 0 atom stereocenters.